The predicted octanol–water partition coefficient (Wildman–Crippen LogP) is 5.54. The summed E-state index contributed by atoms with van der Waals surface area (Å²) < 4.78 is 5.53. The van der Waals surface area contributed by atoms with Crippen LogP contribution in [0.15, 0.2) is 28.8 Å². The van der Waals surface area contributed by atoms with Crippen molar-refractivity contribution in [2.75, 3.05) is 18.8 Å². The first-order valence-corrected chi connectivity index (χ1v) is 13.5. The van der Waals surface area contributed by atoms with Crippen LogP contribution in [-0.2, 0) is 11.2 Å². The fraction of sp³-hybridized carbons (Fsp3) is 0.609. The van der Waals surface area contributed by atoms with Crippen LogP contribution in [-0.4, -0.2) is 45.0 Å². The van der Waals surface area contributed by atoms with Gasteiger partial charge in [-0.05, 0) is 50.5 Å². The van der Waals surface area contributed by atoms with E-state index in [1.54, 1.807) is 0 Å². The molecule has 0 spiro atoms. The third-order valence-electron chi connectivity index (χ3n) is 6.08. The Bertz CT molecular complexity index is 835. The number of hydrogen-bond acceptors (Lipinski definition) is 6. The average molecular weight is 446 g/mol. The lowest BCUT2D eigenvalue weighted by Gasteiger charge is -2.32. The highest BCUT2D eigenvalue weighted by atomic mass is 33.1. The molecule has 1 amide bonds. The second-order valence-electron chi connectivity index (χ2n) is 8.45. The number of piperidine rings is 1. The van der Waals surface area contributed by atoms with Crippen molar-refractivity contribution in [3.05, 3.63) is 35.7 Å². The highest BCUT2D eigenvalue weighted by Crippen LogP contribution is 2.40. The number of hydrogen-bond donors (Lipinski definition) is 0. The van der Waals surface area contributed by atoms with Crippen molar-refractivity contribution in [2.24, 2.45) is 5.92 Å². The number of unbranched alkanes of at least 4 members (excludes halogenated alkanes) is 1. The van der Waals surface area contributed by atoms with Gasteiger partial charge in [-0.15, -0.1) is 0 Å². The average Bonchev–Trinajstić information content (AvgIpc) is 3.44. The highest BCUT2D eigenvalue weighted by Gasteiger charge is 2.25. The van der Waals surface area contributed by atoms with Gasteiger partial charge in [0, 0.05) is 42.5 Å². The number of aromatic nitrogens is 2. The second-order valence-corrected chi connectivity index (χ2v) is 11.2. The molecule has 2 saturated heterocycles. The summed E-state index contributed by atoms with van der Waals surface area (Å²) in [5.41, 5.74) is 2.16. The summed E-state index contributed by atoms with van der Waals surface area (Å²) in [6, 6.07) is 8.09. The molecule has 30 heavy (non-hydrogen) atoms. The Morgan fingerprint density at radius 3 is 3.00 bits per heavy atom. The van der Waals surface area contributed by atoms with Crippen LogP contribution in [0, 0.1) is 12.8 Å². The first-order valence-electron chi connectivity index (χ1n) is 11.1. The fourth-order valence-electron chi connectivity index (χ4n) is 4.35. The van der Waals surface area contributed by atoms with E-state index in [2.05, 4.69) is 28.0 Å². The molecule has 4 rings (SSSR count). The van der Waals surface area contributed by atoms with E-state index in [0.29, 0.717) is 30.0 Å². The van der Waals surface area contributed by atoms with Crippen LogP contribution in [0.5, 0.6) is 0 Å². The third-order valence-corrected chi connectivity index (χ3v) is 9.09. The molecule has 0 bridgehead atoms. The standard InChI is InChI=1S/C23H31N3O2S2/c1-17-7-2-4-10-20(17)23-24-21(28-25-23)15-18-8-6-13-26(16-18)22(27)11-5-3-9-19-12-14-29-30-19/h2,4,7,10,18-19H,3,5-6,8-9,11-16H2,1H3. The zero-order chi connectivity index (χ0) is 20.8. The van der Waals surface area contributed by atoms with Gasteiger partial charge in [0.15, 0.2) is 0 Å². The molecule has 0 saturated carbocycles. The number of likely N-dealkylation sites (tertiary alicyclic amines) is 1. The molecule has 7 heteroatoms. The fourth-order valence-corrected chi connectivity index (χ4v) is 7.37. The Kier molecular flexibility index (Phi) is 7.77. The summed E-state index contributed by atoms with van der Waals surface area (Å²) in [6.45, 7) is 3.76. The van der Waals surface area contributed by atoms with Gasteiger partial charge in [-0.3, -0.25) is 4.79 Å². The highest BCUT2D eigenvalue weighted by molar-refractivity contribution is 8.77. The molecule has 0 N–H and O–H groups in total. The summed E-state index contributed by atoms with van der Waals surface area (Å²) in [5.74, 6) is 3.35. The van der Waals surface area contributed by atoms with E-state index in [-0.39, 0.29) is 0 Å². The first kappa shape index (κ1) is 21.8. The Morgan fingerprint density at radius 1 is 1.27 bits per heavy atom. The molecule has 1 aromatic carbocycles. The van der Waals surface area contributed by atoms with E-state index in [0.717, 1.165) is 55.1 Å². The van der Waals surface area contributed by atoms with Gasteiger partial charge in [-0.25, -0.2) is 0 Å². The molecule has 5 nitrogen and oxygen atoms in total. The normalized spacial score (nSPS) is 21.8. The molecule has 162 valence electrons. The summed E-state index contributed by atoms with van der Waals surface area (Å²) >= 11 is 0. The monoisotopic (exact) mass is 445 g/mol. The predicted molar refractivity (Wildman–Crippen MR) is 124 cm³/mol. The zero-order valence-corrected chi connectivity index (χ0v) is 19.3. The second kappa shape index (κ2) is 10.7. The van der Waals surface area contributed by atoms with E-state index in [9.17, 15) is 4.79 Å². The molecule has 2 unspecified atom stereocenters. The van der Waals surface area contributed by atoms with Gasteiger partial charge < -0.3 is 9.42 Å². The van der Waals surface area contributed by atoms with Crippen molar-refractivity contribution >= 4 is 27.5 Å². The molecular formula is C23H31N3O2S2. The Hall–Kier alpha value is -1.47. The van der Waals surface area contributed by atoms with Gasteiger partial charge in [0.25, 0.3) is 0 Å². The maximum absolute atomic E-state index is 12.7. The summed E-state index contributed by atoms with van der Waals surface area (Å²) in [6.07, 6.45) is 8.39. The molecule has 2 aliphatic heterocycles. The van der Waals surface area contributed by atoms with Gasteiger partial charge in [-0.1, -0.05) is 57.4 Å². The number of benzene rings is 1. The summed E-state index contributed by atoms with van der Waals surface area (Å²) in [7, 11) is 4.03. The molecule has 1 aromatic heterocycles. The topological polar surface area (TPSA) is 59.2 Å². The Morgan fingerprint density at radius 2 is 2.17 bits per heavy atom. The number of carbonyl (C=O) groups is 1. The van der Waals surface area contributed by atoms with Crippen LogP contribution in [0.1, 0.15) is 56.4 Å². The van der Waals surface area contributed by atoms with Crippen molar-refractivity contribution in [2.45, 2.75) is 63.5 Å². The largest absolute Gasteiger partial charge is 0.342 e. The minimum absolute atomic E-state index is 0.319. The quantitative estimate of drug-likeness (QED) is 0.393. The molecule has 2 aromatic rings. The molecule has 2 aliphatic rings. The number of carbonyl (C=O) groups excluding carboxylic acids is 1. The number of aryl methyl sites for hydroxylation is 1. The van der Waals surface area contributed by atoms with E-state index in [1.165, 1.54) is 25.0 Å². The van der Waals surface area contributed by atoms with Crippen molar-refractivity contribution < 1.29 is 9.32 Å². The van der Waals surface area contributed by atoms with Crippen molar-refractivity contribution in [1.82, 2.24) is 15.0 Å². The molecule has 0 aliphatic carbocycles. The first-order chi connectivity index (χ1) is 14.7. The van der Waals surface area contributed by atoms with E-state index < -0.39 is 0 Å². The van der Waals surface area contributed by atoms with Crippen LogP contribution in [0.2, 0.25) is 0 Å². The van der Waals surface area contributed by atoms with Crippen LogP contribution in [0.25, 0.3) is 11.4 Å². The maximum Gasteiger partial charge on any atom is 0.227 e. The molecule has 3 heterocycles. The van der Waals surface area contributed by atoms with Crippen LogP contribution in [0.3, 0.4) is 0 Å². The van der Waals surface area contributed by atoms with Crippen LogP contribution < -0.4 is 0 Å². The van der Waals surface area contributed by atoms with Crippen molar-refractivity contribution in [3.63, 3.8) is 0 Å². The SMILES string of the molecule is Cc1ccccc1-c1noc(CC2CCCN(C(=O)CCCCC3CCSS3)C2)n1. The number of rotatable bonds is 8. The van der Waals surface area contributed by atoms with Gasteiger partial charge in [0.1, 0.15) is 0 Å². The third kappa shape index (κ3) is 5.82. The van der Waals surface area contributed by atoms with Crippen molar-refractivity contribution in [1.29, 1.82) is 0 Å². The zero-order valence-electron chi connectivity index (χ0n) is 17.7. The van der Waals surface area contributed by atoms with Crippen LogP contribution in [0.4, 0.5) is 0 Å². The van der Waals surface area contributed by atoms with E-state index in [4.69, 9.17) is 4.52 Å². The van der Waals surface area contributed by atoms with E-state index >= 15 is 0 Å². The number of amides is 1. The maximum atomic E-state index is 12.7. The van der Waals surface area contributed by atoms with Crippen LogP contribution >= 0.6 is 21.6 Å². The van der Waals surface area contributed by atoms with Gasteiger partial charge >= 0.3 is 0 Å². The molecule has 2 atom stereocenters. The smallest absolute Gasteiger partial charge is 0.227 e. The Balaban J connectivity index is 1.24. The van der Waals surface area contributed by atoms with Gasteiger partial charge in [-0.2, -0.15) is 4.98 Å². The molecular weight excluding hydrogens is 414 g/mol. The van der Waals surface area contributed by atoms with Gasteiger partial charge in [0.05, 0.1) is 0 Å². The van der Waals surface area contributed by atoms with Gasteiger partial charge in [0.2, 0.25) is 17.6 Å². The lowest BCUT2D eigenvalue weighted by Crippen LogP contribution is -2.40. The minimum Gasteiger partial charge on any atom is -0.342 e. The van der Waals surface area contributed by atoms with E-state index in [1.807, 2.05) is 39.8 Å². The molecule has 2 fully saturated rings. The summed E-state index contributed by atoms with van der Waals surface area (Å²) in [4.78, 5) is 19.4. The molecule has 0 radical (unpaired) electrons. The summed E-state index contributed by atoms with van der Waals surface area (Å²) in [5, 5.41) is 4.99. The number of nitrogens with zero attached hydrogens (tertiary/aromatic N) is 3. The van der Waals surface area contributed by atoms with Crippen molar-refractivity contribution in [3.8, 4) is 11.4 Å². The lowest BCUT2D eigenvalue weighted by atomic mass is 9.94. The Labute approximate surface area is 187 Å². The minimum atomic E-state index is 0.319. The lowest BCUT2D eigenvalue weighted by molar-refractivity contribution is -0.133.